The lowest BCUT2D eigenvalue weighted by atomic mass is 9.96. The van der Waals surface area contributed by atoms with E-state index in [1.165, 1.54) is 17.4 Å². The van der Waals surface area contributed by atoms with Crippen LogP contribution < -0.4 is 19.6 Å². The molecule has 1 atom stereocenters. The van der Waals surface area contributed by atoms with Gasteiger partial charge in [0.2, 0.25) is 0 Å². The Kier molecular flexibility index (Phi) is 8.69. The van der Waals surface area contributed by atoms with Crippen LogP contribution in [0.25, 0.3) is 6.08 Å². The molecule has 1 unspecified atom stereocenters. The standard InChI is InChI=1S/C28H26Cl2N2O4S/c1-4-6-14-35-20-10-8-19(9-11-20)25-24(27(34)36-13-5-2)17(3)31-28-32(25)26(33)23(37-28)16-18-7-12-21(29)22(30)15-18/h5,7-12,15-16,25H,2,4,6,13-14H2,1,3H3. The second-order valence-corrected chi connectivity index (χ2v) is 10.2. The van der Waals surface area contributed by atoms with E-state index >= 15 is 0 Å². The van der Waals surface area contributed by atoms with Crippen LogP contribution >= 0.6 is 34.5 Å². The van der Waals surface area contributed by atoms with Crippen molar-refractivity contribution in [1.82, 2.24) is 4.57 Å². The van der Waals surface area contributed by atoms with Crippen molar-refractivity contribution in [3.8, 4) is 5.75 Å². The van der Waals surface area contributed by atoms with Crippen molar-refractivity contribution in [1.29, 1.82) is 0 Å². The molecule has 4 rings (SSSR count). The van der Waals surface area contributed by atoms with Gasteiger partial charge in [0, 0.05) is 0 Å². The van der Waals surface area contributed by atoms with E-state index in [1.807, 2.05) is 24.3 Å². The Morgan fingerprint density at radius 3 is 2.62 bits per heavy atom. The van der Waals surface area contributed by atoms with Crippen LogP contribution in [0.5, 0.6) is 5.75 Å². The Labute approximate surface area is 228 Å². The lowest BCUT2D eigenvalue weighted by Crippen LogP contribution is -2.39. The number of hydrogen-bond acceptors (Lipinski definition) is 6. The number of carbonyl (C=O) groups excluding carboxylic acids is 1. The number of nitrogens with zero attached hydrogens (tertiary/aromatic N) is 2. The molecule has 0 saturated carbocycles. The predicted molar refractivity (Wildman–Crippen MR) is 148 cm³/mol. The number of carbonyl (C=O) groups is 1. The summed E-state index contributed by atoms with van der Waals surface area (Å²) < 4.78 is 13.2. The second-order valence-electron chi connectivity index (χ2n) is 8.41. The highest BCUT2D eigenvalue weighted by atomic mass is 35.5. The molecule has 0 bridgehead atoms. The molecule has 2 aromatic carbocycles. The van der Waals surface area contributed by atoms with Crippen molar-refractivity contribution in [3.63, 3.8) is 0 Å². The van der Waals surface area contributed by atoms with Gasteiger partial charge in [0.05, 0.1) is 38.5 Å². The summed E-state index contributed by atoms with van der Waals surface area (Å²) in [6, 6.07) is 11.9. The lowest BCUT2D eigenvalue weighted by Gasteiger charge is -2.24. The summed E-state index contributed by atoms with van der Waals surface area (Å²) in [5.41, 5.74) is 1.99. The molecule has 0 amide bonds. The SMILES string of the molecule is C=CCOC(=O)C1=C(C)N=c2sc(=Cc3ccc(Cl)c(Cl)c3)c(=O)n2C1c1ccc(OCCCC)cc1. The van der Waals surface area contributed by atoms with Gasteiger partial charge in [-0.25, -0.2) is 9.79 Å². The minimum atomic E-state index is -0.714. The Morgan fingerprint density at radius 2 is 1.95 bits per heavy atom. The van der Waals surface area contributed by atoms with Gasteiger partial charge >= 0.3 is 5.97 Å². The van der Waals surface area contributed by atoms with Crippen LogP contribution in [0.3, 0.4) is 0 Å². The monoisotopic (exact) mass is 556 g/mol. The lowest BCUT2D eigenvalue weighted by molar-refractivity contribution is -0.138. The minimum Gasteiger partial charge on any atom is -0.494 e. The average Bonchev–Trinajstić information content (AvgIpc) is 3.18. The molecule has 0 N–H and O–H groups in total. The number of halogens is 2. The number of hydrogen-bond donors (Lipinski definition) is 0. The van der Waals surface area contributed by atoms with Gasteiger partial charge in [-0.2, -0.15) is 0 Å². The van der Waals surface area contributed by atoms with E-state index in [2.05, 4.69) is 18.5 Å². The van der Waals surface area contributed by atoms with Gasteiger partial charge in [-0.05, 0) is 54.8 Å². The molecule has 2 heterocycles. The number of allylic oxidation sites excluding steroid dienone is 1. The first-order valence-electron chi connectivity index (χ1n) is 11.8. The number of esters is 1. The second kappa shape index (κ2) is 11.9. The number of aromatic nitrogens is 1. The molecule has 1 aliphatic rings. The van der Waals surface area contributed by atoms with E-state index in [4.69, 9.17) is 32.7 Å². The molecule has 192 valence electrons. The summed E-state index contributed by atoms with van der Waals surface area (Å²) in [6.07, 6.45) is 5.23. The highest BCUT2D eigenvalue weighted by Crippen LogP contribution is 2.32. The summed E-state index contributed by atoms with van der Waals surface area (Å²) in [5, 5.41) is 0.825. The zero-order valence-corrected chi connectivity index (χ0v) is 22.8. The molecule has 9 heteroatoms. The molecular weight excluding hydrogens is 531 g/mol. The summed E-state index contributed by atoms with van der Waals surface area (Å²) in [4.78, 5) is 31.9. The molecule has 0 spiro atoms. The molecule has 3 aromatic rings. The van der Waals surface area contributed by atoms with Crippen LogP contribution in [0.4, 0.5) is 0 Å². The molecule has 1 aliphatic heterocycles. The van der Waals surface area contributed by atoms with Crippen LogP contribution in [0.15, 0.2) is 76.2 Å². The van der Waals surface area contributed by atoms with Crippen molar-refractivity contribution in [2.75, 3.05) is 13.2 Å². The fourth-order valence-corrected chi connectivity index (χ4v) is 5.30. The first kappa shape index (κ1) is 26.9. The van der Waals surface area contributed by atoms with E-state index in [-0.39, 0.29) is 12.2 Å². The molecule has 37 heavy (non-hydrogen) atoms. The largest absolute Gasteiger partial charge is 0.494 e. The number of benzene rings is 2. The summed E-state index contributed by atoms with van der Waals surface area (Å²) >= 11 is 13.4. The Balaban J connectivity index is 1.84. The summed E-state index contributed by atoms with van der Waals surface area (Å²) in [6.45, 7) is 8.14. The van der Waals surface area contributed by atoms with Gasteiger partial charge in [-0.1, -0.05) is 78.7 Å². The molecule has 6 nitrogen and oxygen atoms in total. The zero-order chi connectivity index (χ0) is 26.5. The molecule has 1 aromatic heterocycles. The van der Waals surface area contributed by atoms with E-state index in [1.54, 1.807) is 35.8 Å². The third-order valence-electron chi connectivity index (χ3n) is 5.78. The van der Waals surface area contributed by atoms with Gasteiger partial charge in [-0.3, -0.25) is 9.36 Å². The molecule has 0 aliphatic carbocycles. The van der Waals surface area contributed by atoms with E-state index in [0.717, 1.165) is 29.7 Å². The fraction of sp³-hybridized carbons (Fsp3) is 0.250. The van der Waals surface area contributed by atoms with E-state index in [0.29, 0.717) is 37.3 Å². The smallest absolute Gasteiger partial charge is 0.338 e. The number of fused-ring (bicyclic) bond motifs is 1. The minimum absolute atomic E-state index is 0.0499. The normalized spacial score (nSPS) is 15.2. The van der Waals surface area contributed by atoms with Crippen LogP contribution in [-0.2, 0) is 9.53 Å². The average molecular weight is 557 g/mol. The number of ether oxygens (including phenoxy) is 2. The Bertz CT molecular complexity index is 1540. The first-order chi connectivity index (χ1) is 17.8. The van der Waals surface area contributed by atoms with Gasteiger partial charge in [0.25, 0.3) is 5.56 Å². The summed E-state index contributed by atoms with van der Waals surface area (Å²) in [7, 11) is 0. The predicted octanol–water partition coefficient (Wildman–Crippen LogP) is 5.45. The molecule has 0 radical (unpaired) electrons. The maximum atomic E-state index is 13.7. The quantitative estimate of drug-likeness (QED) is 0.199. The van der Waals surface area contributed by atoms with Crippen LogP contribution in [0.1, 0.15) is 43.9 Å². The third kappa shape index (κ3) is 5.90. The van der Waals surface area contributed by atoms with E-state index in [9.17, 15) is 9.59 Å². The maximum absolute atomic E-state index is 13.7. The van der Waals surface area contributed by atoms with Gasteiger partial charge in [-0.15, -0.1) is 0 Å². The highest BCUT2D eigenvalue weighted by molar-refractivity contribution is 7.07. The van der Waals surface area contributed by atoms with Crippen LogP contribution in [0, 0.1) is 0 Å². The fourth-order valence-electron chi connectivity index (χ4n) is 3.94. The highest BCUT2D eigenvalue weighted by Gasteiger charge is 2.33. The van der Waals surface area contributed by atoms with Crippen molar-refractivity contribution in [3.05, 3.63) is 107 Å². The van der Waals surface area contributed by atoms with Crippen molar-refractivity contribution < 1.29 is 14.3 Å². The topological polar surface area (TPSA) is 69.9 Å². The number of rotatable bonds is 9. The van der Waals surface area contributed by atoms with Crippen molar-refractivity contribution >= 4 is 46.6 Å². The maximum Gasteiger partial charge on any atom is 0.338 e. The molecule has 0 fully saturated rings. The van der Waals surface area contributed by atoms with Gasteiger partial charge in [0.15, 0.2) is 4.80 Å². The van der Waals surface area contributed by atoms with Crippen LogP contribution in [0.2, 0.25) is 10.0 Å². The zero-order valence-electron chi connectivity index (χ0n) is 20.5. The number of thiazole rings is 1. The third-order valence-corrected chi connectivity index (χ3v) is 7.50. The Morgan fingerprint density at radius 1 is 1.19 bits per heavy atom. The molecular formula is C28H26Cl2N2O4S. The molecule has 0 saturated heterocycles. The van der Waals surface area contributed by atoms with E-state index < -0.39 is 12.0 Å². The number of unbranched alkanes of at least 4 members (excludes halogenated alkanes) is 1. The van der Waals surface area contributed by atoms with Crippen LogP contribution in [-0.4, -0.2) is 23.8 Å². The van der Waals surface area contributed by atoms with Crippen molar-refractivity contribution in [2.24, 2.45) is 4.99 Å². The first-order valence-corrected chi connectivity index (χ1v) is 13.4. The van der Waals surface area contributed by atoms with Gasteiger partial charge in [0.1, 0.15) is 12.4 Å². The van der Waals surface area contributed by atoms with Crippen molar-refractivity contribution in [2.45, 2.75) is 32.7 Å². The Hall–Kier alpha value is -3.13. The van der Waals surface area contributed by atoms with Gasteiger partial charge < -0.3 is 9.47 Å². The summed E-state index contributed by atoms with van der Waals surface area (Å²) in [5.74, 6) is 0.175.